The molecule has 0 heterocycles. The molecule has 2 rings (SSSR count). The molecule has 0 fully saturated rings. The Morgan fingerprint density at radius 3 is 2.14 bits per heavy atom. The van der Waals surface area contributed by atoms with Crippen molar-refractivity contribution in [2.75, 3.05) is 6.61 Å². The van der Waals surface area contributed by atoms with E-state index < -0.39 is 16.1 Å². The fraction of sp³-hybridized carbons (Fsp3) is 0.455. The third-order valence-electron chi connectivity index (χ3n) is 4.83. The Bertz CT molecular complexity index is 823. The van der Waals surface area contributed by atoms with Crippen LogP contribution in [0, 0.1) is 5.92 Å². The average Bonchev–Trinajstić information content (AvgIpc) is 2.66. The lowest BCUT2D eigenvalue weighted by Crippen LogP contribution is -2.48. The molecular weight excluding hydrogens is 394 g/mol. The quantitative estimate of drug-likeness (QED) is 0.599. The number of nitrogens with zero attached hydrogens (tertiary/aromatic N) is 1. The van der Waals surface area contributed by atoms with Crippen LogP contribution in [0.1, 0.15) is 39.2 Å². The number of aliphatic hydroxyl groups is 1. The second-order valence-corrected chi connectivity index (χ2v) is 9.91. The molecule has 4 nitrogen and oxygen atoms in total. The van der Waals surface area contributed by atoms with Crippen LogP contribution in [0.4, 0.5) is 0 Å². The van der Waals surface area contributed by atoms with Crippen molar-refractivity contribution < 1.29 is 13.5 Å². The maximum atomic E-state index is 13.5. The molecule has 2 atom stereocenters. The largest absolute Gasteiger partial charge is 0.395 e. The summed E-state index contributed by atoms with van der Waals surface area (Å²) < 4.78 is 28.4. The summed E-state index contributed by atoms with van der Waals surface area (Å²) in [6, 6.07) is 15.5. The Morgan fingerprint density at radius 2 is 1.61 bits per heavy atom. The molecule has 0 aliphatic rings. The predicted molar refractivity (Wildman–Crippen MR) is 115 cm³/mol. The van der Waals surface area contributed by atoms with Gasteiger partial charge in [-0.05, 0) is 61.9 Å². The normalized spacial score (nSPS) is 14.4. The van der Waals surface area contributed by atoms with Crippen LogP contribution in [0.2, 0.25) is 5.02 Å². The molecule has 154 valence electrons. The van der Waals surface area contributed by atoms with Crippen molar-refractivity contribution in [3.05, 3.63) is 65.2 Å². The maximum absolute atomic E-state index is 13.5. The lowest BCUT2D eigenvalue weighted by molar-refractivity contribution is 0.142. The average molecular weight is 424 g/mol. The second-order valence-electron chi connectivity index (χ2n) is 7.63. The van der Waals surface area contributed by atoms with E-state index in [-0.39, 0.29) is 23.5 Å². The molecule has 0 saturated heterocycles. The number of hydrogen-bond donors (Lipinski definition) is 1. The molecule has 0 aliphatic carbocycles. The zero-order valence-corrected chi connectivity index (χ0v) is 18.3. The lowest BCUT2D eigenvalue weighted by Gasteiger charge is -2.35. The van der Waals surface area contributed by atoms with Crippen molar-refractivity contribution >= 4 is 21.6 Å². The van der Waals surface area contributed by atoms with E-state index in [2.05, 4.69) is 0 Å². The monoisotopic (exact) mass is 423 g/mol. The third kappa shape index (κ3) is 6.05. The molecule has 2 aromatic rings. The van der Waals surface area contributed by atoms with Crippen molar-refractivity contribution in [1.82, 2.24) is 4.31 Å². The fourth-order valence-corrected chi connectivity index (χ4v) is 5.45. The van der Waals surface area contributed by atoms with Crippen LogP contribution in [-0.4, -0.2) is 36.5 Å². The summed E-state index contributed by atoms with van der Waals surface area (Å²) in [6.07, 6.45) is 2.04. The highest BCUT2D eigenvalue weighted by Crippen LogP contribution is 2.27. The van der Waals surface area contributed by atoms with Gasteiger partial charge in [0.15, 0.2) is 0 Å². The summed E-state index contributed by atoms with van der Waals surface area (Å²) >= 11 is 5.93. The summed E-state index contributed by atoms with van der Waals surface area (Å²) in [5.41, 5.74) is 1.17. The first-order chi connectivity index (χ1) is 13.3. The van der Waals surface area contributed by atoms with Crippen LogP contribution in [0.3, 0.4) is 0 Å². The summed E-state index contributed by atoms with van der Waals surface area (Å²) in [7, 11) is -3.76. The zero-order chi connectivity index (χ0) is 20.7. The van der Waals surface area contributed by atoms with Crippen molar-refractivity contribution in [3.63, 3.8) is 0 Å². The van der Waals surface area contributed by atoms with Gasteiger partial charge in [0.1, 0.15) is 0 Å². The van der Waals surface area contributed by atoms with E-state index in [1.165, 1.54) is 22.0 Å². The summed E-state index contributed by atoms with van der Waals surface area (Å²) in [6.45, 7) is 5.77. The molecule has 0 aromatic heterocycles. The third-order valence-corrected chi connectivity index (χ3v) is 7.16. The first-order valence-electron chi connectivity index (χ1n) is 9.69. The molecule has 0 amide bonds. The second kappa shape index (κ2) is 10.4. The topological polar surface area (TPSA) is 57.6 Å². The predicted octanol–water partition coefficient (Wildman–Crippen LogP) is 4.76. The van der Waals surface area contributed by atoms with Crippen LogP contribution in [-0.2, 0) is 16.4 Å². The van der Waals surface area contributed by atoms with E-state index in [0.717, 1.165) is 6.42 Å². The van der Waals surface area contributed by atoms with Gasteiger partial charge < -0.3 is 5.11 Å². The number of hydrogen-bond acceptors (Lipinski definition) is 3. The smallest absolute Gasteiger partial charge is 0.243 e. The van der Waals surface area contributed by atoms with E-state index in [0.29, 0.717) is 17.9 Å². The molecule has 1 N–H and O–H groups in total. The Morgan fingerprint density at radius 1 is 1.00 bits per heavy atom. The van der Waals surface area contributed by atoms with Crippen molar-refractivity contribution in [2.45, 2.75) is 57.0 Å². The van der Waals surface area contributed by atoms with Gasteiger partial charge in [-0.2, -0.15) is 4.31 Å². The van der Waals surface area contributed by atoms with Crippen molar-refractivity contribution in [2.24, 2.45) is 5.92 Å². The van der Waals surface area contributed by atoms with Gasteiger partial charge in [-0.15, -0.1) is 0 Å². The number of aryl methyl sites for hydroxylation is 1. The molecule has 6 heteroatoms. The zero-order valence-electron chi connectivity index (χ0n) is 16.8. The van der Waals surface area contributed by atoms with Gasteiger partial charge in [0.25, 0.3) is 0 Å². The number of aliphatic hydroxyl groups excluding tert-OH is 1. The van der Waals surface area contributed by atoms with Gasteiger partial charge in [0, 0.05) is 17.1 Å². The van der Waals surface area contributed by atoms with Gasteiger partial charge in [0.2, 0.25) is 10.0 Å². The van der Waals surface area contributed by atoms with E-state index in [1.807, 2.05) is 51.1 Å². The van der Waals surface area contributed by atoms with Crippen LogP contribution in [0.15, 0.2) is 59.5 Å². The minimum absolute atomic E-state index is 0.200. The lowest BCUT2D eigenvalue weighted by atomic mass is 10.0. The van der Waals surface area contributed by atoms with Crippen LogP contribution < -0.4 is 0 Å². The maximum Gasteiger partial charge on any atom is 0.243 e. The van der Waals surface area contributed by atoms with E-state index in [9.17, 15) is 13.5 Å². The van der Waals surface area contributed by atoms with Gasteiger partial charge >= 0.3 is 0 Å². The van der Waals surface area contributed by atoms with Crippen molar-refractivity contribution in [1.29, 1.82) is 0 Å². The Hall–Kier alpha value is -1.40. The Labute approximate surface area is 174 Å². The highest BCUT2D eigenvalue weighted by atomic mass is 35.5. The van der Waals surface area contributed by atoms with Gasteiger partial charge in [-0.3, -0.25) is 0 Å². The molecule has 2 aromatic carbocycles. The summed E-state index contributed by atoms with van der Waals surface area (Å²) in [5, 5.41) is 10.5. The molecule has 28 heavy (non-hydrogen) atoms. The molecule has 2 unspecified atom stereocenters. The first kappa shape index (κ1) is 22.9. The Kier molecular flexibility index (Phi) is 8.50. The van der Waals surface area contributed by atoms with E-state index in [1.54, 1.807) is 12.1 Å². The van der Waals surface area contributed by atoms with Crippen LogP contribution in [0.5, 0.6) is 0 Å². The number of sulfonamides is 1. The van der Waals surface area contributed by atoms with Gasteiger partial charge in [-0.1, -0.05) is 55.8 Å². The van der Waals surface area contributed by atoms with Crippen LogP contribution >= 0.6 is 11.6 Å². The first-order valence-corrected chi connectivity index (χ1v) is 11.5. The minimum Gasteiger partial charge on any atom is -0.395 e. The van der Waals surface area contributed by atoms with Crippen LogP contribution in [0.25, 0.3) is 0 Å². The SMILES string of the molecule is CC(C)CC(CO)N(C(C)CCc1ccccc1)S(=O)(=O)c1ccc(Cl)cc1. The number of benzene rings is 2. The highest BCUT2D eigenvalue weighted by molar-refractivity contribution is 7.89. The molecule has 0 aliphatic heterocycles. The standard InChI is InChI=1S/C22H30ClNO3S/c1-17(2)15-21(16-25)24(18(3)9-10-19-7-5-4-6-8-19)28(26,27)22-13-11-20(23)12-14-22/h4-8,11-14,17-18,21,25H,9-10,15-16H2,1-3H3. The minimum atomic E-state index is -3.76. The Balaban J connectivity index is 2.33. The van der Waals surface area contributed by atoms with Gasteiger partial charge in [0.05, 0.1) is 11.5 Å². The number of halogens is 1. The van der Waals surface area contributed by atoms with Crippen molar-refractivity contribution in [3.8, 4) is 0 Å². The highest BCUT2D eigenvalue weighted by Gasteiger charge is 2.35. The fourth-order valence-electron chi connectivity index (χ4n) is 3.47. The summed E-state index contributed by atoms with van der Waals surface area (Å²) in [4.78, 5) is 0.200. The molecule has 0 bridgehead atoms. The van der Waals surface area contributed by atoms with E-state index in [4.69, 9.17) is 11.6 Å². The summed E-state index contributed by atoms with van der Waals surface area (Å²) in [5.74, 6) is 0.265. The number of rotatable bonds is 10. The van der Waals surface area contributed by atoms with Gasteiger partial charge in [-0.25, -0.2) is 8.42 Å². The molecule has 0 radical (unpaired) electrons. The van der Waals surface area contributed by atoms with E-state index >= 15 is 0 Å². The molecular formula is C22H30ClNO3S. The molecule has 0 spiro atoms. The molecule has 0 saturated carbocycles.